The Morgan fingerprint density at radius 2 is 0.519 bits per heavy atom. The summed E-state index contributed by atoms with van der Waals surface area (Å²) < 4.78 is 0. The maximum atomic E-state index is 2.80. The quantitative estimate of drug-likeness (QED) is 0.159. The van der Waals surface area contributed by atoms with Gasteiger partial charge in [-0.25, -0.2) is 0 Å². The Morgan fingerprint density at radius 3 is 0.815 bits per heavy atom. The van der Waals surface area contributed by atoms with Crippen LogP contribution in [-0.4, -0.2) is 24.5 Å². The summed E-state index contributed by atoms with van der Waals surface area (Å²) in [7, 11) is 0. The van der Waals surface area contributed by atoms with Crippen molar-refractivity contribution >= 4 is 0 Å². The number of hydrogen-bond donors (Lipinski definition) is 0. The summed E-state index contributed by atoms with van der Waals surface area (Å²) >= 11 is 0. The van der Waals surface area contributed by atoms with E-state index in [0.29, 0.717) is 0 Å². The second kappa shape index (κ2) is 24.0. The lowest BCUT2D eigenvalue weighted by molar-refractivity contribution is 0.254. The summed E-state index contributed by atoms with van der Waals surface area (Å²) in [6.45, 7) is 11.0. The van der Waals surface area contributed by atoms with Gasteiger partial charge in [0.2, 0.25) is 0 Å². The van der Waals surface area contributed by atoms with Gasteiger partial charge in [-0.1, -0.05) is 130 Å². The Bertz CT molecular complexity index is 231. The highest BCUT2D eigenvalue weighted by Gasteiger charge is 2.05. The van der Waals surface area contributed by atoms with Gasteiger partial charge < -0.3 is 4.90 Å². The highest BCUT2D eigenvalue weighted by atomic mass is 15.1. The predicted molar refractivity (Wildman–Crippen MR) is 126 cm³/mol. The lowest BCUT2D eigenvalue weighted by atomic mass is 10.1. The SMILES string of the molecule is CCCCCCCCCCN(CCCCCC)CCCCCCCCCC. The highest BCUT2D eigenvalue weighted by molar-refractivity contribution is 4.60. The van der Waals surface area contributed by atoms with Crippen LogP contribution >= 0.6 is 0 Å². The fourth-order valence-electron chi connectivity index (χ4n) is 4.04. The van der Waals surface area contributed by atoms with Crippen molar-refractivity contribution in [3.05, 3.63) is 0 Å². The smallest absolute Gasteiger partial charge is 0.00187 e. The monoisotopic (exact) mass is 381 g/mol. The van der Waals surface area contributed by atoms with E-state index in [9.17, 15) is 0 Å². The maximum Gasteiger partial charge on any atom is -0.00187 e. The van der Waals surface area contributed by atoms with E-state index in [4.69, 9.17) is 0 Å². The molecule has 0 saturated heterocycles. The molecule has 0 N–H and O–H groups in total. The van der Waals surface area contributed by atoms with Crippen molar-refractivity contribution in [2.45, 2.75) is 149 Å². The fraction of sp³-hybridized carbons (Fsp3) is 1.00. The third kappa shape index (κ3) is 22.1. The molecule has 0 rings (SSSR count). The number of unbranched alkanes of at least 4 members (excludes halogenated alkanes) is 17. The first kappa shape index (κ1) is 27.0. The van der Waals surface area contributed by atoms with Crippen molar-refractivity contribution < 1.29 is 0 Å². The third-order valence-electron chi connectivity index (χ3n) is 5.98. The Labute approximate surface area is 174 Å². The molecular weight excluding hydrogens is 326 g/mol. The van der Waals surface area contributed by atoms with Crippen molar-refractivity contribution in [3.63, 3.8) is 0 Å². The molecule has 0 aliphatic heterocycles. The molecule has 1 heteroatoms. The largest absolute Gasteiger partial charge is 0.303 e. The summed E-state index contributed by atoms with van der Waals surface area (Å²) in [6.07, 6.45) is 28.7. The van der Waals surface area contributed by atoms with Crippen LogP contribution in [0.2, 0.25) is 0 Å². The van der Waals surface area contributed by atoms with E-state index in [1.807, 2.05) is 0 Å². The lowest BCUT2D eigenvalue weighted by Crippen LogP contribution is -2.27. The molecule has 0 aliphatic carbocycles. The van der Waals surface area contributed by atoms with Crippen molar-refractivity contribution in [1.29, 1.82) is 0 Å². The van der Waals surface area contributed by atoms with Gasteiger partial charge in [0.25, 0.3) is 0 Å². The predicted octanol–water partition coefficient (Wildman–Crippen LogP) is 9.15. The van der Waals surface area contributed by atoms with E-state index in [2.05, 4.69) is 25.7 Å². The van der Waals surface area contributed by atoms with E-state index in [0.717, 1.165) is 0 Å². The molecular formula is C26H55N. The van der Waals surface area contributed by atoms with Gasteiger partial charge >= 0.3 is 0 Å². The van der Waals surface area contributed by atoms with Gasteiger partial charge in [0, 0.05) is 0 Å². The molecule has 0 amide bonds. The van der Waals surface area contributed by atoms with Crippen LogP contribution in [0, 0.1) is 0 Å². The van der Waals surface area contributed by atoms with Gasteiger partial charge in [-0.2, -0.15) is 0 Å². The molecule has 0 aromatic rings. The van der Waals surface area contributed by atoms with Gasteiger partial charge in [0.15, 0.2) is 0 Å². The van der Waals surface area contributed by atoms with Gasteiger partial charge in [0.05, 0.1) is 0 Å². The van der Waals surface area contributed by atoms with Crippen molar-refractivity contribution in [1.82, 2.24) is 4.90 Å². The summed E-state index contributed by atoms with van der Waals surface area (Å²) in [5.74, 6) is 0. The van der Waals surface area contributed by atoms with Crippen LogP contribution in [0.5, 0.6) is 0 Å². The lowest BCUT2D eigenvalue weighted by Gasteiger charge is -2.22. The zero-order valence-electron chi connectivity index (χ0n) is 19.7. The molecule has 0 aromatic carbocycles. The Balaban J connectivity index is 3.70. The molecule has 0 unspecified atom stereocenters. The standard InChI is InChI=1S/C26H55N/c1-4-7-10-13-15-17-19-22-25-27(24-21-12-9-6-3)26-23-20-18-16-14-11-8-5-2/h4-26H2,1-3H3. The van der Waals surface area contributed by atoms with Gasteiger partial charge in [0.1, 0.15) is 0 Å². The summed E-state index contributed by atoms with van der Waals surface area (Å²) in [5.41, 5.74) is 0. The number of nitrogens with zero attached hydrogens (tertiary/aromatic N) is 1. The molecule has 0 radical (unpaired) electrons. The third-order valence-corrected chi connectivity index (χ3v) is 5.98. The molecule has 0 aliphatic rings. The fourth-order valence-corrected chi connectivity index (χ4v) is 4.04. The van der Waals surface area contributed by atoms with Gasteiger partial charge in [-0.05, 0) is 38.9 Å². The van der Waals surface area contributed by atoms with E-state index in [1.54, 1.807) is 0 Å². The molecule has 27 heavy (non-hydrogen) atoms. The van der Waals surface area contributed by atoms with E-state index in [-0.39, 0.29) is 0 Å². The molecule has 0 bridgehead atoms. The first-order valence-electron chi connectivity index (χ1n) is 13.1. The van der Waals surface area contributed by atoms with Crippen LogP contribution < -0.4 is 0 Å². The first-order chi connectivity index (χ1) is 13.3. The topological polar surface area (TPSA) is 3.24 Å². The highest BCUT2D eigenvalue weighted by Crippen LogP contribution is 2.12. The molecule has 0 spiro atoms. The van der Waals surface area contributed by atoms with E-state index < -0.39 is 0 Å². The second-order valence-electron chi connectivity index (χ2n) is 8.85. The molecule has 0 atom stereocenters. The second-order valence-corrected chi connectivity index (χ2v) is 8.85. The minimum Gasteiger partial charge on any atom is -0.303 e. The average Bonchev–Trinajstić information content (AvgIpc) is 2.68. The maximum absolute atomic E-state index is 2.80. The molecule has 0 fully saturated rings. The summed E-state index contributed by atoms with van der Waals surface area (Å²) in [6, 6.07) is 0. The van der Waals surface area contributed by atoms with Crippen LogP contribution in [0.25, 0.3) is 0 Å². The first-order valence-corrected chi connectivity index (χ1v) is 13.1. The van der Waals surface area contributed by atoms with E-state index >= 15 is 0 Å². The summed E-state index contributed by atoms with van der Waals surface area (Å²) in [4.78, 5) is 2.80. The van der Waals surface area contributed by atoms with Crippen LogP contribution in [0.1, 0.15) is 149 Å². The zero-order valence-corrected chi connectivity index (χ0v) is 19.7. The van der Waals surface area contributed by atoms with Crippen molar-refractivity contribution in [3.8, 4) is 0 Å². The van der Waals surface area contributed by atoms with Crippen LogP contribution in [-0.2, 0) is 0 Å². The zero-order chi connectivity index (χ0) is 19.8. The number of hydrogen-bond acceptors (Lipinski definition) is 1. The van der Waals surface area contributed by atoms with Crippen molar-refractivity contribution in [2.75, 3.05) is 19.6 Å². The van der Waals surface area contributed by atoms with Crippen LogP contribution in [0.15, 0.2) is 0 Å². The van der Waals surface area contributed by atoms with E-state index in [1.165, 1.54) is 148 Å². The minimum atomic E-state index is 1.35. The van der Waals surface area contributed by atoms with Crippen LogP contribution in [0.3, 0.4) is 0 Å². The minimum absolute atomic E-state index is 1.35. The van der Waals surface area contributed by atoms with Gasteiger partial charge in [-0.3, -0.25) is 0 Å². The molecule has 0 heterocycles. The average molecular weight is 382 g/mol. The Morgan fingerprint density at radius 1 is 0.296 bits per heavy atom. The van der Waals surface area contributed by atoms with Gasteiger partial charge in [-0.15, -0.1) is 0 Å². The Kier molecular flexibility index (Phi) is 24.0. The molecule has 164 valence electrons. The molecule has 0 saturated carbocycles. The molecule has 1 nitrogen and oxygen atoms in total. The summed E-state index contributed by atoms with van der Waals surface area (Å²) in [5, 5.41) is 0. The Hall–Kier alpha value is -0.0400. The molecule has 0 aromatic heterocycles. The van der Waals surface area contributed by atoms with Crippen molar-refractivity contribution in [2.24, 2.45) is 0 Å². The number of rotatable bonds is 23. The normalized spacial score (nSPS) is 11.6. The van der Waals surface area contributed by atoms with Crippen LogP contribution in [0.4, 0.5) is 0 Å².